The van der Waals surface area contributed by atoms with Crippen LogP contribution in [0.3, 0.4) is 0 Å². The van der Waals surface area contributed by atoms with E-state index in [-0.39, 0.29) is 5.54 Å². The molecule has 1 atom stereocenters. The van der Waals surface area contributed by atoms with Crippen LogP contribution in [0.15, 0.2) is 24.3 Å². The van der Waals surface area contributed by atoms with Crippen LogP contribution in [-0.4, -0.2) is 29.9 Å². The first-order chi connectivity index (χ1) is 9.53. The molecule has 0 fully saturated rings. The van der Waals surface area contributed by atoms with E-state index in [1.54, 1.807) is 0 Å². The van der Waals surface area contributed by atoms with Crippen LogP contribution in [0, 0.1) is 0 Å². The second-order valence-corrected chi connectivity index (χ2v) is 5.61. The quantitative estimate of drug-likeness (QED) is 0.729. The Labute approximate surface area is 123 Å². The molecule has 0 saturated carbocycles. The van der Waals surface area contributed by atoms with Crippen molar-refractivity contribution in [3.05, 3.63) is 29.8 Å². The Morgan fingerprint density at radius 3 is 2.55 bits per heavy atom. The van der Waals surface area contributed by atoms with Crippen molar-refractivity contribution < 1.29 is 9.84 Å². The minimum atomic E-state index is -0.488. The van der Waals surface area contributed by atoms with Crippen molar-refractivity contribution in [3.8, 4) is 5.75 Å². The van der Waals surface area contributed by atoms with Crippen molar-refractivity contribution >= 4 is 0 Å². The molecule has 0 amide bonds. The maximum Gasteiger partial charge on any atom is 0.119 e. The Morgan fingerprint density at radius 1 is 1.25 bits per heavy atom. The van der Waals surface area contributed by atoms with Gasteiger partial charge in [0.05, 0.1) is 0 Å². The minimum absolute atomic E-state index is 0.100. The molecule has 0 saturated heterocycles. The number of benzene rings is 1. The van der Waals surface area contributed by atoms with Gasteiger partial charge in [-0.25, -0.2) is 0 Å². The Bertz CT molecular complexity index is 388. The average Bonchev–Trinajstić information content (AvgIpc) is 2.50. The highest BCUT2D eigenvalue weighted by molar-refractivity contribution is 5.28. The predicted octanol–water partition coefficient (Wildman–Crippen LogP) is 3.16. The fraction of sp³-hybridized carbons (Fsp3) is 0.647. The van der Waals surface area contributed by atoms with Gasteiger partial charge in [0.1, 0.15) is 18.5 Å². The van der Waals surface area contributed by atoms with E-state index in [0.717, 1.165) is 25.0 Å². The Morgan fingerprint density at radius 2 is 1.95 bits per heavy atom. The van der Waals surface area contributed by atoms with E-state index in [1.165, 1.54) is 5.56 Å². The Hall–Kier alpha value is -1.06. The molecule has 0 spiro atoms. The maximum absolute atomic E-state index is 10.0. The van der Waals surface area contributed by atoms with Gasteiger partial charge in [0.25, 0.3) is 0 Å². The lowest BCUT2D eigenvalue weighted by Gasteiger charge is -2.29. The zero-order valence-corrected chi connectivity index (χ0v) is 13.3. The summed E-state index contributed by atoms with van der Waals surface area (Å²) < 4.78 is 5.65. The number of aryl methyl sites for hydroxylation is 1. The molecule has 1 aromatic carbocycles. The Kier molecular flexibility index (Phi) is 7.03. The third-order valence-corrected chi connectivity index (χ3v) is 4.07. The highest BCUT2D eigenvalue weighted by Gasteiger charge is 2.19. The van der Waals surface area contributed by atoms with Gasteiger partial charge in [0.2, 0.25) is 0 Å². The molecular weight excluding hydrogens is 250 g/mol. The third-order valence-electron chi connectivity index (χ3n) is 4.07. The minimum Gasteiger partial charge on any atom is -0.491 e. The van der Waals surface area contributed by atoms with Crippen molar-refractivity contribution in [2.24, 2.45) is 0 Å². The van der Waals surface area contributed by atoms with Crippen LogP contribution >= 0.6 is 0 Å². The van der Waals surface area contributed by atoms with Gasteiger partial charge in [-0.15, -0.1) is 0 Å². The smallest absolute Gasteiger partial charge is 0.119 e. The zero-order chi connectivity index (χ0) is 15.0. The van der Waals surface area contributed by atoms with Gasteiger partial charge < -0.3 is 15.2 Å². The van der Waals surface area contributed by atoms with Gasteiger partial charge in [-0.3, -0.25) is 0 Å². The maximum atomic E-state index is 10.0. The lowest BCUT2D eigenvalue weighted by Crippen LogP contribution is -2.46. The predicted molar refractivity (Wildman–Crippen MR) is 84.3 cm³/mol. The number of hydrogen-bond donors (Lipinski definition) is 2. The molecule has 1 aromatic rings. The first-order valence-electron chi connectivity index (χ1n) is 7.67. The third kappa shape index (κ3) is 5.51. The average molecular weight is 279 g/mol. The molecule has 20 heavy (non-hydrogen) atoms. The molecule has 1 rings (SSSR count). The van der Waals surface area contributed by atoms with Crippen molar-refractivity contribution in [1.29, 1.82) is 0 Å². The summed E-state index contributed by atoms with van der Waals surface area (Å²) in [6.45, 7) is 9.51. The second kappa shape index (κ2) is 8.28. The van der Waals surface area contributed by atoms with Crippen LogP contribution in [0.5, 0.6) is 5.75 Å². The van der Waals surface area contributed by atoms with Crippen LogP contribution in [-0.2, 0) is 6.42 Å². The number of ether oxygens (including phenoxy) is 1. The molecular formula is C17H29NO2. The van der Waals surface area contributed by atoms with Gasteiger partial charge >= 0.3 is 0 Å². The van der Waals surface area contributed by atoms with Crippen LogP contribution in [0.4, 0.5) is 0 Å². The second-order valence-electron chi connectivity index (χ2n) is 5.61. The molecule has 1 unspecified atom stereocenters. The van der Waals surface area contributed by atoms with Gasteiger partial charge in [-0.1, -0.05) is 32.9 Å². The number of nitrogens with one attached hydrogen (secondary N) is 1. The molecule has 0 aliphatic heterocycles. The topological polar surface area (TPSA) is 41.5 Å². The summed E-state index contributed by atoms with van der Waals surface area (Å²) in [7, 11) is 0. The summed E-state index contributed by atoms with van der Waals surface area (Å²) in [5.41, 5.74) is 1.35. The number of aliphatic hydroxyl groups excluding tert-OH is 1. The summed E-state index contributed by atoms with van der Waals surface area (Å²) in [5, 5.41) is 13.4. The fourth-order valence-electron chi connectivity index (χ4n) is 1.97. The first-order valence-corrected chi connectivity index (χ1v) is 7.67. The highest BCUT2D eigenvalue weighted by Crippen LogP contribution is 2.15. The summed E-state index contributed by atoms with van der Waals surface area (Å²) in [6, 6.07) is 8.03. The number of aliphatic hydroxyl groups is 1. The van der Waals surface area contributed by atoms with E-state index in [4.69, 9.17) is 4.74 Å². The standard InChI is InChI=1S/C17H29NO2/c1-5-14-9-8-10-16(11-14)20-13-15(19)12-18-17(4,6-2)7-3/h8-11,15,18-19H,5-7,12-13H2,1-4H3. The zero-order valence-electron chi connectivity index (χ0n) is 13.3. The van der Waals surface area contributed by atoms with E-state index in [0.29, 0.717) is 13.2 Å². The molecule has 0 heterocycles. The van der Waals surface area contributed by atoms with E-state index in [1.807, 2.05) is 18.2 Å². The summed E-state index contributed by atoms with van der Waals surface area (Å²) in [6.07, 6.45) is 2.61. The first kappa shape index (κ1) is 17.0. The number of β-amino-alcohol motifs (C(OH)–C–C–N with tert-alkyl or cyclic N) is 1. The number of rotatable bonds is 9. The van der Waals surface area contributed by atoms with Gasteiger partial charge in [0, 0.05) is 12.1 Å². The Balaban J connectivity index is 2.37. The summed E-state index contributed by atoms with van der Waals surface area (Å²) in [5.74, 6) is 0.831. The van der Waals surface area contributed by atoms with E-state index < -0.39 is 6.10 Å². The molecule has 0 radical (unpaired) electrons. The summed E-state index contributed by atoms with van der Waals surface area (Å²) in [4.78, 5) is 0. The molecule has 3 nitrogen and oxygen atoms in total. The van der Waals surface area contributed by atoms with Crippen molar-refractivity contribution in [2.45, 2.75) is 58.6 Å². The van der Waals surface area contributed by atoms with Gasteiger partial charge in [0.15, 0.2) is 0 Å². The summed E-state index contributed by atoms with van der Waals surface area (Å²) >= 11 is 0. The SMILES string of the molecule is CCc1cccc(OCC(O)CNC(C)(CC)CC)c1. The van der Waals surface area contributed by atoms with E-state index >= 15 is 0 Å². The van der Waals surface area contributed by atoms with E-state index in [9.17, 15) is 5.11 Å². The van der Waals surface area contributed by atoms with Crippen LogP contribution in [0.1, 0.15) is 46.1 Å². The van der Waals surface area contributed by atoms with E-state index in [2.05, 4.69) is 39.1 Å². The van der Waals surface area contributed by atoms with Crippen LogP contribution in [0.2, 0.25) is 0 Å². The monoisotopic (exact) mass is 279 g/mol. The molecule has 0 aliphatic rings. The van der Waals surface area contributed by atoms with Crippen molar-refractivity contribution in [1.82, 2.24) is 5.32 Å². The van der Waals surface area contributed by atoms with Crippen LogP contribution < -0.4 is 10.1 Å². The molecule has 0 bridgehead atoms. The highest BCUT2D eigenvalue weighted by atomic mass is 16.5. The van der Waals surface area contributed by atoms with Crippen LogP contribution in [0.25, 0.3) is 0 Å². The van der Waals surface area contributed by atoms with Crippen molar-refractivity contribution in [3.63, 3.8) is 0 Å². The van der Waals surface area contributed by atoms with Gasteiger partial charge in [-0.05, 0) is 43.9 Å². The van der Waals surface area contributed by atoms with Gasteiger partial charge in [-0.2, -0.15) is 0 Å². The lowest BCUT2D eigenvalue weighted by atomic mass is 9.95. The lowest BCUT2D eigenvalue weighted by molar-refractivity contribution is 0.0966. The molecule has 0 aromatic heterocycles. The fourth-order valence-corrected chi connectivity index (χ4v) is 1.97. The molecule has 0 aliphatic carbocycles. The molecule has 114 valence electrons. The molecule has 3 heteroatoms. The normalized spacial score (nSPS) is 13.2. The van der Waals surface area contributed by atoms with Crippen molar-refractivity contribution in [2.75, 3.05) is 13.2 Å². The number of hydrogen-bond acceptors (Lipinski definition) is 3. The largest absolute Gasteiger partial charge is 0.491 e. The molecule has 2 N–H and O–H groups in total.